The van der Waals surface area contributed by atoms with E-state index in [9.17, 15) is 0 Å². The summed E-state index contributed by atoms with van der Waals surface area (Å²) in [5.41, 5.74) is 2.09. The quantitative estimate of drug-likeness (QED) is 0.226. The highest BCUT2D eigenvalue weighted by Crippen LogP contribution is 2.26. The van der Waals surface area contributed by atoms with Gasteiger partial charge < -0.3 is 20.4 Å². The SMILES string of the molecule is CCNC(=NCC(c1cccs1)N1CCOCC1)NCCc1nc2ccccc2[nH]1.I. The Hall–Kier alpha value is -1.69. The van der Waals surface area contributed by atoms with Gasteiger partial charge in [-0.15, -0.1) is 35.3 Å². The molecule has 0 spiro atoms. The number of nitrogens with zero attached hydrogens (tertiary/aromatic N) is 3. The van der Waals surface area contributed by atoms with Crippen LogP contribution in [-0.4, -0.2) is 66.8 Å². The maximum atomic E-state index is 5.54. The molecule has 0 bridgehead atoms. The molecule has 31 heavy (non-hydrogen) atoms. The van der Waals surface area contributed by atoms with Crippen molar-refractivity contribution in [2.24, 2.45) is 4.99 Å². The first-order valence-electron chi connectivity index (χ1n) is 10.6. The zero-order valence-electron chi connectivity index (χ0n) is 17.8. The second kappa shape index (κ2) is 12.4. The van der Waals surface area contributed by atoms with Crippen molar-refractivity contribution in [1.82, 2.24) is 25.5 Å². The molecule has 3 aromatic rings. The third-order valence-corrected chi connectivity index (χ3v) is 6.19. The number of aromatic amines is 1. The van der Waals surface area contributed by atoms with E-state index >= 15 is 0 Å². The Kier molecular flexibility index (Phi) is 9.56. The molecule has 0 saturated carbocycles. The van der Waals surface area contributed by atoms with Crippen LogP contribution in [0.5, 0.6) is 0 Å². The summed E-state index contributed by atoms with van der Waals surface area (Å²) in [6.45, 7) is 7.91. The second-order valence-corrected chi connectivity index (χ2v) is 8.26. The predicted octanol–water partition coefficient (Wildman–Crippen LogP) is 3.41. The minimum atomic E-state index is 0. The van der Waals surface area contributed by atoms with Crippen LogP contribution in [0.3, 0.4) is 0 Å². The lowest BCUT2D eigenvalue weighted by molar-refractivity contribution is 0.0186. The predicted molar refractivity (Wildman–Crippen MR) is 139 cm³/mol. The lowest BCUT2D eigenvalue weighted by atomic mass is 10.2. The third kappa shape index (κ3) is 6.64. The number of H-pyrrole nitrogens is 1. The van der Waals surface area contributed by atoms with Crippen molar-refractivity contribution in [3.63, 3.8) is 0 Å². The number of thiophene rings is 1. The topological polar surface area (TPSA) is 77.6 Å². The number of guanidine groups is 1. The lowest BCUT2D eigenvalue weighted by Gasteiger charge is -2.33. The zero-order chi connectivity index (χ0) is 20.6. The minimum Gasteiger partial charge on any atom is -0.379 e. The molecule has 4 rings (SSSR count). The number of hydrogen-bond acceptors (Lipinski definition) is 5. The average Bonchev–Trinajstić information content (AvgIpc) is 3.44. The zero-order valence-corrected chi connectivity index (χ0v) is 21.0. The van der Waals surface area contributed by atoms with Crippen LogP contribution in [0.15, 0.2) is 46.8 Å². The number of morpholine rings is 1. The van der Waals surface area contributed by atoms with Gasteiger partial charge in [-0.1, -0.05) is 18.2 Å². The summed E-state index contributed by atoms with van der Waals surface area (Å²) >= 11 is 1.80. The summed E-state index contributed by atoms with van der Waals surface area (Å²) in [5, 5.41) is 8.97. The number of aliphatic imine (C=N–C) groups is 1. The molecule has 7 nitrogen and oxygen atoms in total. The van der Waals surface area contributed by atoms with Gasteiger partial charge >= 0.3 is 0 Å². The van der Waals surface area contributed by atoms with Crippen molar-refractivity contribution in [1.29, 1.82) is 0 Å². The number of imidazole rings is 1. The van der Waals surface area contributed by atoms with Crippen LogP contribution in [0, 0.1) is 0 Å². The number of fused-ring (bicyclic) bond motifs is 1. The number of hydrogen-bond donors (Lipinski definition) is 3. The number of aromatic nitrogens is 2. The Morgan fingerprint density at radius 3 is 2.81 bits per heavy atom. The molecule has 1 atom stereocenters. The number of rotatable bonds is 8. The fraction of sp³-hybridized carbons (Fsp3) is 0.455. The van der Waals surface area contributed by atoms with Crippen molar-refractivity contribution < 1.29 is 4.74 Å². The fourth-order valence-corrected chi connectivity index (χ4v) is 4.55. The first-order chi connectivity index (χ1) is 14.8. The van der Waals surface area contributed by atoms with Crippen molar-refractivity contribution >= 4 is 52.3 Å². The third-order valence-electron chi connectivity index (χ3n) is 5.22. The number of ether oxygens (including phenoxy) is 1. The van der Waals surface area contributed by atoms with Crippen LogP contribution in [-0.2, 0) is 11.2 Å². The van der Waals surface area contributed by atoms with E-state index in [-0.39, 0.29) is 24.0 Å². The summed E-state index contributed by atoms with van der Waals surface area (Å²) in [6, 6.07) is 12.7. The van der Waals surface area contributed by atoms with E-state index in [0.717, 1.165) is 75.2 Å². The molecule has 1 aromatic carbocycles. The number of para-hydroxylation sites is 2. The molecule has 1 unspecified atom stereocenters. The summed E-state index contributed by atoms with van der Waals surface area (Å²) in [6.07, 6.45) is 0.816. The van der Waals surface area contributed by atoms with E-state index < -0.39 is 0 Å². The molecule has 0 radical (unpaired) electrons. The van der Waals surface area contributed by atoms with Crippen LogP contribution in [0.25, 0.3) is 11.0 Å². The first-order valence-corrected chi connectivity index (χ1v) is 11.5. The summed E-state index contributed by atoms with van der Waals surface area (Å²) in [7, 11) is 0. The van der Waals surface area contributed by atoms with Gasteiger partial charge in [0, 0.05) is 37.5 Å². The van der Waals surface area contributed by atoms with Gasteiger partial charge in [0.15, 0.2) is 5.96 Å². The van der Waals surface area contributed by atoms with E-state index in [1.54, 1.807) is 11.3 Å². The van der Waals surface area contributed by atoms with Gasteiger partial charge in [0.1, 0.15) is 5.82 Å². The van der Waals surface area contributed by atoms with Gasteiger partial charge in [-0.2, -0.15) is 0 Å². The molecule has 1 fully saturated rings. The van der Waals surface area contributed by atoms with E-state index in [1.165, 1.54) is 4.88 Å². The van der Waals surface area contributed by atoms with Crippen molar-refractivity contribution in [2.75, 3.05) is 45.9 Å². The Balaban J connectivity index is 0.00000272. The molecule has 3 heterocycles. The second-order valence-electron chi connectivity index (χ2n) is 7.28. The van der Waals surface area contributed by atoms with Gasteiger partial charge in [0.25, 0.3) is 0 Å². The smallest absolute Gasteiger partial charge is 0.191 e. The molecule has 1 aliphatic heterocycles. The molecule has 1 aliphatic rings. The Morgan fingerprint density at radius 2 is 2.06 bits per heavy atom. The first kappa shape index (κ1) is 24.0. The van der Waals surface area contributed by atoms with Crippen LogP contribution in [0.1, 0.15) is 23.7 Å². The van der Waals surface area contributed by atoms with Gasteiger partial charge in [-0.05, 0) is 30.5 Å². The number of benzene rings is 1. The van der Waals surface area contributed by atoms with Crippen molar-refractivity contribution in [3.8, 4) is 0 Å². The molecular formula is C22H31IN6OS. The Bertz CT molecular complexity index is 906. The standard InChI is InChI=1S/C22H30N6OS.HI/c1-2-23-22(24-10-9-21-26-17-6-3-4-7-18(17)27-21)25-16-19(20-8-5-15-30-20)28-11-13-29-14-12-28;/h3-8,15,19H,2,9-14,16H2,1H3,(H,26,27)(H2,23,24,25);1H. The highest BCUT2D eigenvalue weighted by atomic mass is 127. The van der Waals surface area contributed by atoms with Crippen molar-refractivity contribution in [2.45, 2.75) is 19.4 Å². The normalized spacial score (nSPS) is 16.1. The minimum absolute atomic E-state index is 0. The molecular weight excluding hydrogens is 523 g/mol. The van der Waals surface area contributed by atoms with Gasteiger partial charge in [0.2, 0.25) is 0 Å². The van der Waals surface area contributed by atoms with Crippen LogP contribution >= 0.6 is 35.3 Å². The van der Waals surface area contributed by atoms with Gasteiger partial charge in [0.05, 0.1) is 36.8 Å². The van der Waals surface area contributed by atoms with E-state index in [1.807, 2.05) is 18.2 Å². The van der Waals surface area contributed by atoms with Gasteiger partial charge in [-0.3, -0.25) is 9.89 Å². The van der Waals surface area contributed by atoms with E-state index in [4.69, 9.17) is 9.73 Å². The lowest BCUT2D eigenvalue weighted by Crippen LogP contribution is -2.42. The molecule has 0 amide bonds. The average molecular weight is 555 g/mol. The van der Waals surface area contributed by atoms with Crippen LogP contribution < -0.4 is 10.6 Å². The van der Waals surface area contributed by atoms with E-state index in [2.05, 4.69) is 56.0 Å². The number of halogens is 1. The van der Waals surface area contributed by atoms with E-state index in [0.29, 0.717) is 6.04 Å². The Labute approximate surface area is 204 Å². The Morgan fingerprint density at radius 1 is 1.23 bits per heavy atom. The molecule has 0 aliphatic carbocycles. The summed E-state index contributed by atoms with van der Waals surface area (Å²) < 4.78 is 5.54. The van der Waals surface area contributed by atoms with Crippen molar-refractivity contribution in [3.05, 3.63) is 52.5 Å². The van der Waals surface area contributed by atoms with Gasteiger partial charge in [-0.25, -0.2) is 4.98 Å². The highest BCUT2D eigenvalue weighted by Gasteiger charge is 2.23. The largest absolute Gasteiger partial charge is 0.379 e. The highest BCUT2D eigenvalue weighted by molar-refractivity contribution is 14.0. The molecule has 2 aromatic heterocycles. The summed E-state index contributed by atoms with van der Waals surface area (Å²) in [4.78, 5) is 16.8. The fourth-order valence-electron chi connectivity index (χ4n) is 3.70. The summed E-state index contributed by atoms with van der Waals surface area (Å²) in [5.74, 6) is 1.84. The molecule has 9 heteroatoms. The van der Waals surface area contributed by atoms with Crippen LogP contribution in [0.4, 0.5) is 0 Å². The van der Waals surface area contributed by atoms with Crippen LogP contribution in [0.2, 0.25) is 0 Å². The molecule has 168 valence electrons. The monoisotopic (exact) mass is 554 g/mol. The molecule has 3 N–H and O–H groups in total. The maximum Gasteiger partial charge on any atom is 0.191 e. The molecule has 1 saturated heterocycles. The maximum absolute atomic E-state index is 5.54. The number of nitrogens with one attached hydrogen (secondary N) is 3.